The van der Waals surface area contributed by atoms with Gasteiger partial charge in [-0.05, 0) is 40.9 Å². The van der Waals surface area contributed by atoms with Gasteiger partial charge in [-0.3, -0.25) is 14.7 Å². The van der Waals surface area contributed by atoms with E-state index in [4.69, 9.17) is 0 Å². The smallest absolute Gasteiger partial charge is 0.270 e. The van der Waals surface area contributed by atoms with Crippen LogP contribution in [0.4, 0.5) is 5.69 Å². The molecule has 0 aliphatic carbocycles. The van der Waals surface area contributed by atoms with Gasteiger partial charge in [-0.2, -0.15) is 0 Å². The molecule has 0 unspecified atom stereocenters. The number of para-hydroxylation sites is 1. The molecule has 0 aliphatic heterocycles. The molecular formula is C23H21N5O2S. The monoisotopic (exact) mass is 431 g/mol. The van der Waals surface area contributed by atoms with Crippen LogP contribution in [0.15, 0.2) is 83.1 Å². The lowest BCUT2D eigenvalue weighted by Gasteiger charge is -2.19. The van der Waals surface area contributed by atoms with E-state index in [1.165, 1.54) is 29.6 Å². The predicted molar refractivity (Wildman–Crippen MR) is 121 cm³/mol. The number of benzene rings is 2. The lowest BCUT2D eigenvalue weighted by atomic mass is 9.87. The van der Waals surface area contributed by atoms with Gasteiger partial charge in [0.1, 0.15) is 11.2 Å². The second kappa shape index (κ2) is 8.31. The Bertz CT molecular complexity index is 1200. The topological polar surface area (TPSA) is 86.7 Å². The number of pyridine rings is 1. The number of hydrogen-bond acceptors (Lipinski definition) is 6. The van der Waals surface area contributed by atoms with Crippen molar-refractivity contribution in [2.24, 2.45) is 0 Å². The lowest BCUT2D eigenvalue weighted by Crippen LogP contribution is -2.10. The Morgan fingerprint density at radius 2 is 1.65 bits per heavy atom. The Morgan fingerprint density at radius 3 is 2.23 bits per heavy atom. The fraction of sp³-hybridized carbons (Fsp3) is 0.174. The van der Waals surface area contributed by atoms with E-state index < -0.39 is 4.92 Å². The molecule has 0 saturated heterocycles. The molecule has 0 aliphatic rings. The maximum Gasteiger partial charge on any atom is 0.287 e. The first-order valence-electron chi connectivity index (χ1n) is 9.73. The van der Waals surface area contributed by atoms with Crippen LogP contribution in [-0.4, -0.2) is 24.7 Å². The third kappa shape index (κ3) is 4.49. The molecule has 4 rings (SSSR count). The zero-order valence-corrected chi connectivity index (χ0v) is 18.2. The highest BCUT2D eigenvalue weighted by Gasteiger charge is 2.19. The van der Waals surface area contributed by atoms with Crippen molar-refractivity contribution in [2.45, 2.75) is 36.4 Å². The molecule has 7 nitrogen and oxygen atoms in total. The van der Waals surface area contributed by atoms with Gasteiger partial charge in [-0.25, -0.2) is 4.98 Å². The van der Waals surface area contributed by atoms with E-state index in [9.17, 15) is 10.1 Å². The van der Waals surface area contributed by atoms with Crippen molar-refractivity contribution in [1.29, 1.82) is 0 Å². The second-order valence-electron chi connectivity index (χ2n) is 8.02. The molecule has 8 heteroatoms. The molecule has 0 radical (unpaired) electrons. The average Bonchev–Trinajstić information content (AvgIpc) is 3.17. The molecule has 31 heavy (non-hydrogen) atoms. The van der Waals surface area contributed by atoms with Crippen molar-refractivity contribution in [3.8, 4) is 17.1 Å². The summed E-state index contributed by atoms with van der Waals surface area (Å²) in [6, 6.07) is 21.2. The van der Waals surface area contributed by atoms with Gasteiger partial charge in [0, 0.05) is 17.3 Å². The van der Waals surface area contributed by atoms with Crippen LogP contribution in [0.5, 0.6) is 0 Å². The molecule has 2 aromatic carbocycles. The zero-order valence-electron chi connectivity index (χ0n) is 17.4. The first-order valence-corrected chi connectivity index (χ1v) is 10.5. The fourth-order valence-corrected chi connectivity index (χ4v) is 3.88. The maximum absolute atomic E-state index is 10.9. The van der Waals surface area contributed by atoms with Gasteiger partial charge >= 0.3 is 0 Å². The van der Waals surface area contributed by atoms with E-state index in [-0.39, 0.29) is 11.1 Å². The van der Waals surface area contributed by atoms with Crippen LogP contribution in [-0.2, 0) is 5.41 Å². The van der Waals surface area contributed by atoms with Crippen molar-refractivity contribution in [3.63, 3.8) is 0 Å². The van der Waals surface area contributed by atoms with Crippen LogP contribution >= 0.6 is 11.8 Å². The standard InChI is InChI=1S/C23H21N5O2S/c1-23(2,3)17-11-9-16(10-12-17)21-25-26-22(27(21)18-7-5-4-6-8-18)31-20-14-13-19(15-24-20)28(29)30/h4-15H,1-3H3. The van der Waals surface area contributed by atoms with E-state index in [0.29, 0.717) is 10.2 Å². The third-order valence-corrected chi connectivity index (χ3v) is 5.68. The van der Waals surface area contributed by atoms with Gasteiger partial charge in [0.25, 0.3) is 5.69 Å². The molecule has 0 spiro atoms. The summed E-state index contributed by atoms with van der Waals surface area (Å²) < 4.78 is 1.97. The Kier molecular flexibility index (Phi) is 5.56. The number of hydrogen-bond donors (Lipinski definition) is 0. The lowest BCUT2D eigenvalue weighted by molar-refractivity contribution is -0.385. The second-order valence-corrected chi connectivity index (χ2v) is 9.01. The van der Waals surface area contributed by atoms with Crippen molar-refractivity contribution in [3.05, 3.63) is 88.6 Å². The Balaban J connectivity index is 1.75. The van der Waals surface area contributed by atoms with Gasteiger partial charge in [0.05, 0.1) is 4.92 Å². The van der Waals surface area contributed by atoms with Crippen LogP contribution in [0.25, 0.3) is 17.1 Å². The number of aromatic nitrogens is 4. The summed E-state index contributed by atoms with van der Waals surface area (Å²) >= 11 is 1.31. The minimum atomic E-state index is -0.465. The van der Waals surface area contributed by atoms with E-state index in [2.05, 4.69) is 60.2 Å². The molecule has 4 aromatic rings. The average molecular weight is 432 g/mol. The van der Waals surface area contributed by atoms with E-state index in [1.807, 2.05) is 34.9 Å². The molecule has 156 valence electrons. The van der Waals surface area contributed by atoms with Crippen LogP contribution in [0.1, 0.15) is 26.3 Å². The van der Waals surface area contributed by atoms with Gasteiger partial charge < -0.3 is 0 Å². The van der Waals surface area contributed by atoms with Gasteiger partial charge in [0.15, 0.2) is 5.82 Å². The molecule has 0 bridgehead atoms. The van der Waals surface area contributed by atoms with Crippen LogP contribution < -0.4 is 0 Å². The summed E-state index contributed by atoms with van der Waals surface area (Å²) in [5.74, 6) is 0.719. The highest BCUT2D eigenvalue weighted by atomic mass is 32.2. The predicted octanol–water partition coefficient (Wildman–Crippen LogP) is 5.69. The number of nitrogens with zero attached hydrogens (tertiary/aromatic N) is 5. The van der Waals surface area contributed by atoms with Crippen molar-refractivity contribution in [1.82, 2.24) is 19.7 Å². The highest BCUT2D eigenvalue weighted by molar-refractivity contribution is 7.99. The summed E-state index contributed by atoms with van der Waals surface area (Å²) in [6.45, 7) is 6.54. The molecule has 0 fully saturated rings. The summed E-state index contributed by atoms with van der Waals surface area (Å²) in [7, 11) is 0. The minimum absolute atomic E-state index is 0.0477. The van der Waals surface area contributed by atoms with Crippen molar-refractivity contribution < 1.29 is 4.92 Å². The van der Waals surface area contributed by atoms with Gasteiger partial charge in [0.2, 0.25) is 5.16 Å². The van der Waals surface area contributed by atoms with Crippen LogP contribution in [0.3, 0.4) is 0 Å². The molecule has 0 atom stereocenters. The minimum Gasteiger partial charge on any atom is -0.270 e. The molecule has 2 aromatic heterocycles. The van der Waals surface area contributed by atoms with Crippen molar-refractivity contribution in [2.75, 3.05) is 0 Å². The van der Waals surface area contributed by atoms with E-state index >= 15 is 0 Å². The largest absolute Gasteiger partial charge is 0.287 e. The Hall–Kier alpha value is -3.52. The highest BCUT2D eigenvalue weighted by Crippen LogP contribution is 2.32. The molecular weight excluding hydrogens is 410 g/mol. The summed E-state index contributed by atoms with van der Waals surface area (Å²) in [4.78, 5) is 14.6. The van der Waals surface area contributed by atoms with Crippen LogP contribution in [0.2, 0.25) is 0 Å². The molecule has 0 saturated carbocycles. The van der Waals surface area contributed by atoms with Crippen molar-refractivity contribution >= 4 is 17.4 Å². The molecule has 0 amide bonds. The zero-order chi connectivity index (χ0) is 22.0. The van der Waals surface area contributed by atoms with E-state index in [1.54, 1.807) is 6.07 Å². The summed E-state index contributed by atoms with van der Waals surface area (Å²) in [5.41, 5.74) is 3.13. The number of rotatable bonds is 5. The first-order chi connectivity index (χ1) is 14.8. The Labute approximate surface area is 184 Å². The maximum atomic E-state index is 10.9. The number of nitro groups is 1. The van der Waals surface area contributed by atoms with E-state index in [0.717, 1.165) is 17.1 Å². The van der Waals surface area contributed by atoms with Crippen LogP contribution in [0, 0.1) is 10.1 Å². The molecule has 2 heterocycles. The van der Waals surface area contributed by atoms with Gasteiger partial charge in [-0.1, -0.05) is 63.2 Å². The fourth-order valence-electron chi connectivity index (χ4n) is 3.09. The SMILES string of the molecule is CC(C)(C)c1ccc(-c2nnc(Sc3ccc([N+](=O)[O-])cn3)n2-c2ccccc2)cc1. The quantitative estimate of drug-likeness (QED) is 0.298. The normalized spacial score (nSPS) is 11.5. The molecule has 0 N–H and O–H groups in total. The Morgan fingerprint density at radius 1 is 0.935 bits per heavy atom. The summed E-state index contributed by atoms with van der Waals surface area (Å²) in [5, 5.41) is 21.0. The third-order valence-electron chi connectivity index (χ3n) is 4.78. The van der Waals surface area contributed by atoms with Gasteiger partial charge in [-0.15, -0.1) is 10.2 Å². The first kappa shape index (κ1) is 20.7. The summed E-state index contributed by atoms with van der Waals surface area (Å²) in [6.07, 6.45) is 1.25.